The summed E-state index contributed by atoms with van der Waals surface area (Å²) < 4.78 is 31.2. The zero-order chi connectivity index (χ0) is 15.7. The van der Waals surface area contributed by atoms with E-state index in [1.807, 2.05) is 6.07 Å². The standard InChI is InChI=1S/C15H20N2O4S/c1-21-8-9-22(19,20)16-13-5-4-11-6-7-17(14(11)10-13)15(18)12-2-3-12/h4-5,10,12,16H,2-3,6-9H2,1H3. The Labute approximate surface area is 130 Å². The summed E-state index contributed by atoms with van der Waals surface area (Å²) in [4.78, 5) is 14.1. The molecule has 1 aromatic carbocycles. The molecule has 2 aliphatic rings. The Morgan fingerprint density at radius 2 is 2.18 bits per heavy atom. The van der Waals surface area contributed by atoms with E-state index in [9.17, 15) is 13.2 Å². The number of methoxy groups -OCH3 is 1. The van der Waals surface area contributed by atoms with Gasteiger partial charge in [0.15, 0.2) is 0 Å². The van der Waals surface area contributed by atoms with Crippen LogP contribution in [0.2, 0.25) is 0 Å². The molecule has 1 aromatic rings. The largest absolute Gasteiger partial charge is 0.384 e. The van der Waals surface area contributed by atoms with Crippen LogP contribution in [0.25, 0.3) is 0 Å². The number of carbonyl (C=O) groups excluding carboxylic acids is 1. The number of nitrogens with zero attached hydrogens (tertiary/aromatic N) is 1. The number of rotatable bonds is 6. The van der Waals surface area contributed by atoms with Crippen LogP contribution in [0.4, 0.5) is 11.4 Å². The summed E-state index contributed by atoms with van der Waals surface area (Å²) in [5, 5.41) is 0. The summed E-state index contributed by atoms with van der Waals surface area (Å²) in [7, 11) is -1.97. The first-order chi connectivity index (χ1) is 10.5. The van der Waals surface area contributed by atoms with Crippen molar-refractivity contribution in [3.05, 3.63) is 23.8 Å². The summed E-state index contributed by atoms with van der Waals surface area (Å²) in [5.41, 5.74) is 2.42. The number of amides is 1. The van der Waals surface area contributed by atoms with Gasteiger partial charge in [-0.3, -0.25) is 9.52 Å². The maximum Gasteiger partial charge on any atom is 0.235 e. The monoisotopic (exact) mass is 324 g/mol. The minimum absolute atomic E-state index is 0.0920. The van der Waals surface area contributed by atoms with Crippen molar-refractivity contribution in [3.8, 4) is 0 Å². The molecule has 0 spiro atoms. The van der Waals surface area contributed by atoms with Crippen LogP contribution in [0.1, 0.15) is 18.4 Å². The molecule has 1 amide bonds. The first-order valence-electron chi connectivity index (χ1n) is 7.44. The van der Waals surface area contributed by atoms with E-state index in [-0.39, 0.29) is 24.2 Å². The molecule has 0 aromatic heterocycles. The molecule has 1 aliphatic carbocycles. The number of fused-ring (bicyclic) bond motifs is 1. The van der Waals surface area contributed by atoms with Gasteiger partial charge in [-0.2, -0.15) is 0 Å². The predicted octanol–water partition coefficient (Wildman–Crippen LogP) is 1.37. The van der Waals surface area contributed by atoms with E-state index in [1.54, 1.807) is 17.0 Å². The first kappa shape index (κ1) is 15.3. The van der Waals surface area contributed by atoms with Gasteiger partial charge in [0.25, 0.3) is 0 Å². The molecular weight excluding hydrogens is 304 g/mol. The van der Waals surface area contributed by atoms with Crippen LogP contribution >= 0.6 is 0 Å². The summed E-state index contributed by atoms with van der Waals surface area (Å²) in [6, 6.07) is 5.39. The second kappa shape index (κ2) is 5.89. The van der Waals surface area contributed by atoms with E-state index in [2.05, 4.69) is 4.72 Å². The molecule has 0 radical (unpaired) electrons. The molecule has 0 unspecified atom stereocenters. The zero-order valence-corrected chi connectivity index (χ0v) is 13.4. The second-order valence-corrected chi connectivity index (χ2v) is 7.61. The van der Waals surface area contributed by atoms with Gasteiger partial charge in [0.05, 0.1) is 18.0 Å². The van der Waals surface area contributed by atoms with Gasteiger partial charge < -0.3 is 9.64 Å². The summed E-state index contributed by atoms with van der Waals surface area (Å²) in [6.45, 7) is 0.830. The lowest BCUT2D eigenvalue weighted by Gasteiger charge is -2.18. The van der Waals surface area contributed by atoms with Crippen molar-refractivity contribution >= 4 is 27.3 Å². The fourth-order valence-corrected chi connectivity index (χ4v) is 3.62. The van der Waals surface area contributed by atoms with Gasteiger partial charge in [-0.25, -0.2) is 8.42 Å². The van der Waals surface area contributed by atoms with Crippen LogP contribution in [-0.2, 0) is 26.0 Å². The highest BCUT2D eigenvalue weighted by molar-refractivity contribution is 7.92. The normalized spacial score (nSPS) is 17.4. The van der Waals surface area contributed by atoms with Crippen LogP contribution < -0.4 is 9.62 Å². The van der Waals surface area contributed by atoms with E-state index in [0.717, 1.165) is 30.5 Å². The maximum absolute atomic E-state index is 12.3. The van der Waals surface area contributed by atoms with Crippen LogP contribution in [0.5, 0.6) is 0 Å². The summed E-state index contributed by atoms with van der Waals surface area (Å²) in [5.74, 6) is 0.233. The number of hydrogen-bond acceptors (Lipinski definition) is 4. The Bertz CT molecular complexity index is 683. The predicted molar refractivity (Wildman–Crippen MR) is 84.5 cm³/mol. The number of benzene rings is 1. The molecule has 1 N–H and O–H groups in total. The number of hydrogen-bond donors (Lipinski definition) is 1. The topological polar surface area (TPSA) is 75.7 Å². The number of nitrogens with one attached hydrogen (secondary N) is 1. The van der Waals surface area contributed by atoms with E-state index in [4.69, 9.17) is 4.74 Å². The number of carbonyl (C=O) groups is 1. The van der Waals surface area contributed by atoms with Crippen molar-refractivity contribution in [1.29, 1.82) is 0 Å². The van der Waals surface area contributed by atoms with Crippen molar-refractivity contribution < 1.29 is 17.9 Å². The molecule has 0 saturated heterocycles. The minimum atomic E-state index is -3.43. The lowest BCUT2D eigenvalue weighted by molar-refractivity contribution is -0.119. The van der Waals surface area contributed by atoms with Crippen LogP contribution in [-0.4, -0.2) is 40.3 Å². The van der Waals surface area contributed by atoms with E-state index in [0.29, 0.717) is 12.2 Å². The fraction of sp³-hybridized carbons (Fsp3) is 0.533. The minimum Gasteiger partial charge on any atom is -0.384 e. The molecule has 1 heterocycles. The first-order valence-corrected chi connectivity index (χ1v) is 9.09. The number of ether oxygens (including phenoxy) is 1. The van der Waals surface area contributed by atoms with Gasteiger partial charge in [-0.05, 0) is 37.0 Å². The molecular formula is C15H20N2O4S. The lowest BCUT2D eigenvalue weighted by atomic mass is 10.1. The van der Waals surface area contributed by atoms with Crippen molar-refractivity contribution in [2.45, 2.75) is 19.3 Å². The third-order valence-corrected chi connectivity index (χ3v) is 5.25. The van der Waals surface area contributed by atoms with Crippen LogP contribution in [0.3, 0.4) is 0 Å². The van der Waals surface area contributed by atoms with E-state index < -0.39 is 10.0 Å². The van der Waals surface area contributed by atoms with Crippen LogP contribution in [0, 0.1) is 5.92 Å². The molecule has 1 aliphatic heterocycles. The van der Waals surface area contributed by atoms with Crippen molar-refractivity contribution in [2.75, 3.05) is 35.6 Å². The Morgan fingerprint density at radius 1 is 1.41 bits per heavy atom. The molecule has 0 atom stereocenters. The molecule has 1 fully saturated rings. The van der Waals surface area contributed by atoms with Gasteiger partial charge in [0.2, 0.25) is 15.9 Å². The van der Waals surface area contributed by atoms with E-state index >= 15 is 0 Å². The van der Waals surface area contributed by atoms with E-state index in [1.165, 1.54) is 7.11 Å². The fourth-order valence-electron chi connectivity index (χ4n) is 2.65. The maximum atomic E-state index is 12.3. The Morgan fingerprint density at radius 3 is 2.86 bits per heavy atom. The van der Waals surface area contributed by atoms with Crippen molar-refractivity contribution in [3.63, 3.8) is 0 Å². The van der Waals surface area contributed by atoms with Gasteiger partial charge in [0.1, 0.15) is 0 Å². The highest BCUT2D eigenvalue weighted by Crippen LogP contribution is 2.37. The Hall–Kier alpha value is -1.60. The number of anilines is 2. The van der Waals surface area contributed by atoms with Gasteiger partial charge in [-0.15, -0.1) is 0 Å². The highest BCUT2D eigenvalue weighted by Gasteiger charge is 2.36. The van der Waals surface area contributed by atoms with Crippen molar-refractivity contribution in [2.24, 2.45) is 5.92 Å². The van der Waals surface area contributed by atoms with Gasteiger partial charge in [0, 0.05) is 25.3 Å². The van der Waals surface area contributed by atoms with Gasteiger partial charge in [-0.1, -0.05) is 6.07 Å². The molecule has 6 nitrogen and oxygen atoms in total. The molecule has 7 heteroatoms. The molecule has 0 bridgehead atoms. The smallest absolute Gasteiger partial charge is 0.235 e. The average Bonchev–Trinajstić information content (AvgIpc) is 3.24. The number of sulfonamides is 1. The third kappa shape index (κ3) is 3.25. The molecule has 22 heavy (non-hydrogen) atoms. The molecule has 3 rings (SSSR count). The summed E-state index contributed by atoms with van der Waals surface area (Å²) >= 11 is 0. The molecule has 120 valence electrons. The Kier molecular flexibility index (Phi) is 4.10. The Balaban J connectivity index is 1.78. The third-order valence-electron chi connectivity index (χ3n) is 4.00. The SMILES string of the molecule is COCCS(=O)(=O)Nc1ccc2c(c1)N(C(=O)C1CC1)CC2. The average molecular weight is 324 g/mol. The molecule has 1 saturated carbocycles. The zero-order valence-electron chi connectivity index (χ0n) is 12.5. The van der Waals surface area contributed by atoms with Crippen molar-refractivity contribution in [1.82, 2.24) is 0 Å². The van der Waals surface area contributed by atoms with Crippen LogP contribution in [0.15, 0.2) is 18.2 Å². The lowest BCUT2D eigenvalue weighted by Crippen LogP contribution is -2.30. The highest BCUT2D eigenvalue weighted by atomic mass is 32.2. The summed E-state index contributed by atoms with van der Waals surface area (Å²) in [6.07, 6.45) is 2.76. The van der Waals surface area contributed by atoms with Gasteiger partial charge >= 0.3 is 0 Å². The quantitative estimate of drug-likeness (QED) is 0.857. The second-order valence-electron chi connectivity index (χ2n) is 5.77.